The Balaban J connectivity index is 1.92. The number of benzene rings is 2. The lowest BCUT2D eigenvalue weighted by Crippen LogP contribution is -2.91. The number of rotatable bonds is 6. The van der Waals surface area contributed by atoms with E-state index in [4.69, 9.17) is 0 Å². The van der Waals surface area contributed by atoms with Gasteiger partial charge in [-0.25, -0.2) is 0 Å². The molecule has 3 N–H and O–H groups in total. The smallest absolute Gasteiger partial charge is 0.282 e. The molecule has 0 saturated carbocycles. The number of carbonyl (C=O) groups excluding carboxylic acids is 1. The van der Waals surface area contributed by atoms with E-state index in [-0.39, 0.29) is 18.0 Å². The van der Waals surface area contributed by atoms with Gasteiger partial charge in [-0.05, 0) is 50.1 Å². The summed E-state index contributed by atoms with van der Waals surface area (Å²) in [7, 11) is 0. The molecule has 122 valence electrons. The Kier molecular flexibility index (Phi) is 6.37. The molecule has 0 aromatic heterocycles. The fourth-order valence-corrected chi connectivity index (χ4v) is 2.74. The number of hydrogen-bond donors (Lipinski definition) is 2. The maximum absolute atomic E-state index is 12.3. The molecular formula is C19H24BrN2O+. The molecule has 4 heteroatoms. The number of halogens is 1. The quantitative estimate of drug-likeness (QED) is 0.794. The number of amides is 1. The number of nitrogens with two attached hydrogens (primary N) is 1. The highest BCUT2D eigenvalue weighted by Gasteiger charge is 2.20. The van der Waals surface area contributed by atoms with Crippen LogP contribution in [0.4, 0.5) is 5.69 Å². The summed E-state index contributed by atoms with van der Waals surface area (Å²) in [6.45, 7) is 6.17. The third-order valence-electron chi connectivity index (χ3n) is 4.02. The van der Waals surface area contributed by atoms with Gasteiger partial charge in [0.25, 0.3) is 5.91 Å². The fraction of sp³-hybridized carbons (Fsp3) is 0.316. The first-order valence-corrected chi connectivity index (χ1v) is 8.79. The van der Waals surface area contributed by atoms with Crippen molar-refractivity contribution in [1.82, 2.24) is 0 Å². The largest absolute Gasteiger partial charge is 0.330 e. The molecule has 3 nitrogen and oxygen atoms in total. The monoisotopic (exact) mass is 375 g/mol. The third kappa shape index (κ3) is 5.19. The first-order valence-electron chi connectivity index (χ1n) is 8.00. The normalized spacial score (nSPS) is 13.4. The Bertz CT molecular complexity index is 637. The lowest BCUT2D eigenvalue weighted by Gasteiger charge is -2.17. The molecular weight excluding hydrogens is 352 g/mol. The average Bonchev–Trinajstić information content (AvgIpc) is 2.56. The summed E-state index contributed by atoms with van der Waals surface area (Å²) in [5, 5.41) is 5.06. The van der Waals surface area contributed by atoms with Crippen LogP contribution in [0, 0.1) is 0 Å². The molecule has 1 amide bonds. The van der Waals surface area contributed by atoms with Crippen LogP contribution in [0.5, 0.6) is 0 Å². The van der Waals surface area contributed by atoms with Gasteiger partial charge in [0.1, 0.15) is 6.04 Å². The van der Waals surface area contributed by atoms with E-state index in [1.54, 1.807) is 0 Å². The zero-order chi connectivity index (χ0) is 16.8. The van der Waals surface area contributed by atoms with E-state index in [1.165, 1.54) is 11.1 Å². The molecule has 23 heavy (non-hydrogen) atoms. The van der Waals surface area contributed by atoms with Crippen LogP contribution in [0.1, 0.15) is 37.9 Å². The molecule has 0 saturated heterocycles. The summed E-state index contributed by atoms with van der Waals surface area (Å²) in [5.74, 6) is 0.0261. The van der Waals surface area contributed by atoms with Gasteiger partial charge >= 0.3 is 0 Å². The molecule has 2 aromatic carbocycles. The summed E-state index contributed by atoms with van der Waals surface area (Å²) in [5.41, 5.74) is 3.33. The standard InChI is InChI=1S/C19H23BrN2O/c1-4-15-5-11-18(12-6-15)22-19(23)14(3)21-13(2)16-7-9-17(20)10-8-16/h5-14,21H,4H2,1-3H3,(H,22,23)/p+1/t13-,14-/m1/s1. The van der Waals surface area contributed by atoms with Gasteiger partial charge in [0.15, 0.2) is 6.04 Å². The van der Waals surface area contributed by atoms with E-state index in [2.05, 4.69) is 64.7 Å². The summed E-state index contributed by atoms with van der Waals surface area (Å²) >= 11 is 3.44. The number of hydrogen-bond acceptors (Lipinski definition) is 1. The first-order chi connectivity index (χ1) is 11.0. The Hall–Kier alpha value is -1.65. The predicted molar refractivity (Wildman–Crippen MR) is 98.4 cm³/mol. The Morgan fingerprint density at radius 3 is 2.26 bits per heavy atom. The lowest BCUT2D eigenvalue weighted by atomic mass is 10.1. The van der Waals surface area contributed by atoms with Gasteiger partial charge in [-0.3, -0.25) is 4.79 Å². The van der Waals surface area contributed by atoms with Crippen molar-refractivity contribution in [2.45, 2.75) is 39.3 Å². The molecule has 0 aliphatic carbocycles. The van der Waals surface area contributed by atoms with Crippen LogP contribution < -0.4 is 10.6 Å². The van der Waals surface area contributed by atoms with Crippen molar-refractivity contribution >= 4 is 27.5 Å². The Labute approximate surface area is 146 Å². The summed E-state index contributed by atoms with van der Waals surface area (Å²) in [6, 6.07) is 16.3. The van der Waals surface area contributed by atoms with Crippen LogP contribution in [0.25, 0.3) is 0 Å². The maximum Gasteiger partial charge on any atom is 0.282 e. The molecule has 0 unspecified atom stereocenters. The minimum atomic E-state index is -0.153. The van der Waals surface area contributed by atoms with Crippen LogP contribution in [0.3, 0.4) is 0 Å². The molecule has 0 aliphatic heterocycles. The van der Waals surface area contributed by atoms with Crippen molar-refractivity contribution in [3.63, 3.8) is 0 Å². The minimum absolute atomic E-state index is 0.0261. The molecule has 0 fully saturated rings. The predicted octanol–water partition coefficient (Wildman–Crippen LogP) is 3.66. The molecule has 0 aliphatic rings. The highest BCUT2D eigenvalue weighted by Crippen LogP contribution is 2.14. The van der Waals surface area contributed by atoms with Crippen molar-refractivity contribution in [3.05, 3.63) is 64.1 Å². The van der Waals surface area contributed by atoms with Crippen LogP contribution in [0.15, 0.2) is 53.0 Å². The van der Waals surface area contributed by atoms with Gasteiger partial charge in [0.05, 0.1) is 0 Å². The van der Waals surface area contributed by atoms with Gasteiger partial charge in [-0.15, -0.1) is 0 Å². The zero-order valence-electron chi connectivity index (χ0n) is 13.8. The van der Waals surface area contributed by atoms with E-state index in [1.807, 2.05) is 31.2 Å². The SMILES string of the molecule is CCc1ccc(NC(=O)[C@@H](C)[NH2+][C@H](C)c2ccc(Br)cc2)cc1. The third-order valence-corrected chi connectivity index (χ3v) is 4.55. The molecule has 2 aromatic rings. The van der Waals surface area contributed by atoms with Crippen molar-refractivity contribution < 1.29 is 10.1 Å². The molecule has 0 heterocycles. The molecule has 0 bridgehead atoms. The summed E-state index contributed by atoms with van der Waals surface area (Å²) in [6.07, 6.45) is 1.00. The number of quaternary nitrogens is 1. The number of nitrogens with one attached hydrogen (secondary N) is 1. The van der Waals surface area contributed by atoms with Crippen LogP contribution >= 0.6 is 15.9 Å². The van der Waals surface area contributed by atoms with E-state index >= 15 is 0 Å². The van der Waals surface area contributed by atoms with Gasteiger partial charge in [0, 0.05) is 15.7 Å². The minimum Gasteiger partial charge on any atom is -0.330 e. The molecule has 0 spiro atoms. The number of carbonyl (C=O) groups is 1. The van der Waals surface area contributed by atoms with Crippen LogP contribution in [-0.4, -0.2) is 11.9 Å². The van der Waals surface area contributed by atoms with Crippen molar-refractivity contribution in [2.75, 3.05) is 5.32 Å². The second-order valence-electron chi connectivity index (χ2n) is 5.86. The van der Waals surface area contributed by atoms with Crippen LogP contribution in [0.2, 0.25) is 0 Å². The average molecular weight is 376 g/mol. The lowest BCUT2D eigenvalue weighted by molar-refractivity contribution is -0.709. The Morgan fingerprint density at radius 1 is 1.09 bits per heavy atom. The number of anilines is 1. The fourth-order valence-electron chi connectivity index (χ4n) is 2.48. The summed E-state index contributed by atoms with van der Waals surface area (Å²) < 4.78 is 1.06. The Morgan fingerprint density at radius 2 is 1.70 bits per heavy atom. The second kappa shape index (κ2) is 8.27. The molecule has 2 rings (SSSR count). The van der Waals surface area contributed by atoms with Crippen LogP contribution in [-0.2, 0) is 11.2 Å². The van der Waals surface area contributed by atoms with Gasteiger partial charge in [-0.1, -0.05) is 47.1 Å². The van der Waals surface area contributed by atoms with E-state index in [9.17, 15) is 4.79 Å². The van der Waals surface area contributed by atoms with E-state index < -0.39 is 0 Å². The van der Waals surface area contributed by atoms with Crippen molar-refractivity contribution in [1.29, 1.82) is 0 Å². The highest BCUT2D eigenvalue weighted by atomic mass is 79.9. The molecule has 2 atom stereocenters. The van der Waals surface area contributed by atoms with Crippen molar-refractivity contribution in [2.24, 2.45) is 0 Å². The highest BCUT2D eigenvalue weighted by molar-refractivity contribution is 9.10. The zero-order valence-corrected chi connectivity index (χ0v) is 15.4. The van der Waals surface area contributed by atoms with Crippen molar-refractivity contribution in [3.8, 4) is 0 Å². The van der Waals surface area contributed by atoms with Gasteiger partial charge < -0.3 is 10.6 Å². The van der Waals surface area contributed by atoms with Gasteiger partial charge in [-0.2, -0.15) is 0 Å². The first kappa shape index (κ1) is 17.7. The van der Waals surface area contributed by atoms with E-state index in [0.717, 1.165) is 16.6 Å². The topological polar surface area (TPSA) is 45.7 Å². The number of aryl methyl sites for hydroxylation is 1. The maximum atomic E-state index is 12.3. The second-order valence-corrected chi connectivity index (χ2v) is 6.78. The molecule has 0 radical (unpaired) electrons. The van der Waals surface area contributed by atoms with Gasteiger partial charge in [0.2, 0.25) is 0 Å². The summed E-state index contributed by atoms with van der Waals surface area (Å²) in [4.78, 5) is 12.3. The van der Waals surface area contributed by atoms with E-state index in [0.29, 0.717) is 0 Å².